The fourth-order valence-corrected chi connectivity index (χ4v) is 4.08. The third kappa shape index (κ3) is 5.27. The Morgan fingerprint density at radius 1 is 1.06 bits per heavy atom. The molecule has 0 atom stereocenters. The number of nitrogens with zero attached hydrogens (tertiary/aromatic N) is 2. The minimum absolute atomic E-state index is 0.00854. The molecule has 0 aromatic heterocycles. The molecule has 1 heterocycles. The lowest BCUT2D eigenvalue weighted by atomic mass is 9.89. The maximum Gasteiger partial charge on any atom is 0.418 e. The molecule has 0 bridgehead atoms. The maximum absolute atomic E-state index is 13.0. The van der Waals surface area contributed by atoms with E-state index in [2.05, 4.69) is 22.3 Å². The second-order valence-electron chi connectivity index (χ2n) is 8.25. The summed E-state index contributed by atoms with van der Waals surface area (Å²) < 4.78 is 44.7. The van der Waals surface area contributed by atoms with Gasteiger partial charge in [-0.2, -0.15) is 13.2 Å². The van der Waals surface area contributed by atoms with Crippen LogP contribution in [0.1, 0.15) is 18.4 Å². The third-order valence-electron chi connectivity index (χ3n) is 6.02. The van der Waals surface area contributed by atoms with Crippen molar-refractivity contribution in [2.24, 2.45) is 0 Å². The van der Waals surface area contributed by atoms with Crippen LogP contribution in [0.2, 0.25) is 0 Å². The summed E-state index contributed by atoms with van der Waals surface area (Å²) in [7, 11) is 0. The molecule has 2 fully saturated rings. The van der Waals surface area contributed by atoms with Gasteiger partial charge in [-0.05, 0) is 43.2 Å². The zero-order valence-corrected chi connectivity index (χ0v) is 17.6. The normalized spacial score (nSPS) is 21.2. The first-order valence-electron chi connectivity index (χ1n) is 10.7. The van der Waals surface area contributed by atoms with Crippen LogP contribution in [0.3, 0.4) is 0 Å². The van der Waals surface area contributed by atoms with Crippen LogP contribution in [0.25, 0.3) is 0 Å². The second-order valence-corrected chi connectivity index (χ2v) is 8.25. The van der Waals surface area contributed by atoms with Gasteiger partial charge in [-0.3, -0.25) is 4.79 Å². The number of amides is 1. The minimum Gasteiger partial charge on any atom is -0.398 e. The van der Waals surface area contributed by atoms with Crippen molar-refractivity contribution in [3.63, 3.8) is 0 Å². The summed E-state index contributed by atoms with van der Waals surface area (Å²) in [6.45, 7) is 2.91. The highest BCUT2D eigenvalue weighted by Gasteiger charge is 2.35. The SMILES string of the molecule is Nc1ccc(NC2CC(OCC(=O)N3CCN(c4ccccc4)CC3)C2)cc1C(F)(F)F. The Balaban J connectivity index is 1.17. The summed E-state index contributed by atoms with van der Waals surface area (Å²) in [5.74, 6) is -0.0255. The number of alkyl halides is 3. The minimum atomic E-state index is -4.49. The highest BCUT2D eigenvalue weighted by Crippen LogP contribution is 2.36. The number of halogens is 3. The van der Waals surface area contributed by atoms with E-state index in [1.165, 1.54) is 12.1 Å². The number of piperazine rings is 1. The first-order chi connectivity index (χ1) is 15.3. The summed E-state index contributed by atoms with van der Waals surface area (Å²) in [6.07, 6.45) is -3.28. The third-order valence-corrected chi connectivity index (χ3v) is 6.02. The van der Waals surface area contributed by atoms with Crippen LogP contribution < -0.4 is 16.0 Å². The molecule has 2 aromatic rings. The van der Waals surface area contributed by atoms with Gasteiger partial charge < -0.3 is 25.6 Å². The zero-order chi connectivity index (χ0) is 22.7. The van der Waals surface area contributed by atoms with Gasteiger partial charge in [0.05, 0.1) is 11.7 Å². The summed E-state index contributed by atoms with van der Waals surface area (Å²) in [6, 6.07) is 14.0. The molecule has 0 spiro atoms. The average molecular weight is 448 g/mol. The molecule has 32 heavy (non-hydrogen) atoms. The highest BCUT2D eigenvalue weighted by atomic mass is 19.4. The molecule has 1 saturated carbocycles. The summed E-state index contributed by atoms with van der Waals surface area (Å²) >= 11 is 0. The van der Waals surface area contributed by atoms with Crippen molar-refractivity contribution in [2.75, 3.05) is 48.7 Å². The quantitative estimate of drug-likeness (QED) is 0.661. The fraction of sp³-hybridized carbons (Fsp3) is 0.435. The van der Waals surface area contributed by atoms with Gasteiger partial charge >= 0.3 is 6.18 Å². The molecule has 1 aliphatic heterocycles. The molecule has 2 aromatic carbocycles. The van der Waals surface area contributed by atoms with Crippen LogP contribution in [-0.2, 0) is 15.7 Å². The van der Waals surface area contributed by atoms with E-state index in [4.69, 9.17) is 10.5 Å². The van der Waals surface area contributed by atoms with Crippen LogP contribution in [0.4, 0.5) is 30.2 Å². The Morgan fingerprint density at radius 2 is 1.75 bits per heavy atom. The highest BCUT2D eigenvalue weighted by molar-refractivity contribution is 5.77. The number of para-hydroxylation sites is 1. The number of nitrogens with one attached hydrogen (secondary N) is 1. The number of rotatable bonds is 6. The zero-order valence-electron chi connectivity index (χ0n) is 17.6. The van der Waals surface area contributed by atoms with Crippen molar-refractivity contribution < 1.29 is 22.7 Å². The molecule has 0 radical (unpaired) electrons. The number of ether oxygens (including phenoxy) is 1. The van der Waals surface area contributed by atoms with Gasteiger partial charge in [-0.25, -0.2) is 0 Å². The van der Waals surface area contributed by atoms with Crippen molar-refractivity contribution in [2.45, 2.75) is 31.2 Å². The number of nitrogens with two attached hydrogens (primary N) is 1. The summed E-state index contributed by atoms with van der Waals surface area (Å²) in [5, 5.41) is 3.08. The molecule has 172 valence electrons. The number of hydrogen-bond acceptors (Lipinski definition) is 5. The number of benzene rings is 2. The molecule has 6 nitrogen and oxygen atoms in total. The van der Waals surface area contributed by atoms with E-state index in [-0.39, 0.29) is 30.3 Å². The lowest BCUT2D eigenvalue weighted by molar-refractivity contribution is -0.140. The molecule has 2 aliphatic rings. The summed E-state index contributed by atoms with van der Waals surface area (Å²) in [4.78, 5) is 16.5. The fourth-order valence-electron chi connectivity index (χ4n) is 4.08. The first-order valence-corrected chi connectivity index (χ1v) is 10.7. The van der Waals surface area contributed by atoms with E-state index in [0.717, 1.165) is 24.8 Å². The Kier molecular flexibility index (Phi) is 6.45. The van der Waals surface area contributed by atoms with Crippen molar-refractivity contribution in [1.29, 1.82) is 0 Å². The van der Waals surface area contributed by atoms with Gasteiger partial charge in [0.1, 0.15) is 6.61 Å². The maximum atomic E-state index is 13.0. The van der Waals surface area contributed by atoms with E-state index in [1.54, 1.807) is 0 Å². The van der Waals surface area contributed by atoms with Gasteiger partial charge in [0.2, 0.25) is 5.91 Å². The first kappa shape index (κ1) is 22.3. The lowest BCUT2D eigenvalue weighted by Crippen LogP contribution is -2.50. The topological polar surface area (TPSA) is 70.8 Å². The van der Waals surface area contributed by atoms with Gasteiger partial charge in [-0.15, -0.1) is 0 Å². The van der Waals surface area contributed by atoms with Crippen molar-refractivity contribution in [3.05, 3.63) is 54.1 Å². The van der Waals surface area contributed by atoms with Crippen molar-refractivity contribution >= 4 is 23.0 Å². The molecule has 0 unspecified atom stereocenters. The number of carbonyl (C=O) groups excluding carboxylic acids is 1. The predicted molar refractivity (Wildman–Crippen MR) is 117 cm³/mol. The Morgan fingerprint density at radius 3 is 2.41 bits per heavy atom. The number of nitrogen functional groups attached to an aromatic ring is 1. The number of anilines is 3. The van der Waals surface area contributed by atoms with E-state index < -0.39 is 11.7 Å². The number of carbonyl (C=O) groups is 1. The molecule has 9 heteroatoms. The molecular weight excluding hydrogens is 421 g/mol. The molecule has 1 amide bonds. The Labute approximate surface area is 185 Å². The lowest BCUT2D eigenvalue weighted by Gasteiger charge is -2.38. The van der Waals surface area contributed by atoms with Crippen LogP contribution in [0.5, 0.6) is 0 Å². The second kappa shape index (κ2) is 9.28. The molecule has 4 rings (SSSR count). The molecular formula is C23H27F3N4O2. The van der Waals surface area contributed by atoms with Crippen LogP contribution >= 0.6 is 0 Å². The predicted octanol–water partition coefficient (Wildman–Crippen LogP) is 3.60. The largest absolute Gasteiger partial charge is 0.418 e. The monoisotopic (exact) mass is 448 g/mol. The molecule has 1 aliphatic carbocycles. The van der Waals surface area contributed by atoms with E-state index in [0.29, 0.717) is 31.6 Å². The van der Waals surface area contributed by atoms with Gasteiger partial charge in [0, 0.05) is 49.3 Å². The van der Waals surface area contributed by atoms with E-state index in [1.807, 2.05) is 23.1 Å². The van der Waals surface area contributed by atoms with Crippen LogP contribution in [0, 0.1) is 0 Å². The average Bonchev–Trinajstić information content (AvgIpc) is 2.76. The smallest absolute Gasteiger partial charge is 0.398 e. The molecule has 3 N–H and O–H groups in total. The van der Waals surface area contributed by atoms with Crippen molar-refractivity contribution in [1.82, 2.24) is 4.90 Å². The van der Waals surface area contributed by atoms with Crippen LogP contribution in [-0.4, -0.2) is 55.7 Å². The van der Waals surface area contributed by atoms with Gasteiger partial charge in [-0.1, -0.05) is 18.2 Å². The number of hydrogen-bond donors (Lipinski definition) is 2. The van der Waals surface area contributed by atoms with Crippen LogP contribution in [0.15, 0.2) is 48.5 Å². The summed E-state index contributed by atoms with van der Waals surface area (Å²) in [5.41, 5.74) is 5.84. The Hall–Kier alpha value is -2.94. The van der Waals surface area contributed by atoms with Gasteiger partial charge in [0.25, 0.3) is 0 Å². The van der Waals surface area contributed by atoms with E-state index >= 15 is 0 Å². The van der Waals surface area contributed by atoms with Gasteiger partial charge in [0.15, 0.2) is 0 Å². The van der Waals surface area contributed by atoms with E-state index in [9.17, 15) is 18.0 Å². The Bertz CT molecular complexity index is 925. The van der Waals surface area contributed by atoms with Crippen molar-refractivity contribution in [3.8, 4) is 0 Å². The molecule has 1 saturated heterocycles. The standard InChI is InChI=1S/C23H27F3N4O2/c24-23(25,26)20-14-16(6-7-21(20)27)28-17-12-19(13-17)32-15-22(31)30-10-8-29(9-11-30)18-4-2-1-3-5-18/h1-7,14,17,19,28H,8-13,15,27H2.